The summed E-state index contributed by atoms with van der Waals surface area (Å²) in [5.74, 6) is -0.611. The Morgan fingerprint density at radius 1 is 1.56 bits per heavy atom. The lowest BCUT2D eigenvalue weighted by Crippen LogP contribution is -2.26. The van der Waals surface area contributed by atoms with E-state index in [0.29, 0.717) is 16.0 Å². The van der Waals surface area contributed by atoms with Crippen LogP contribution in [0.15, 0.2) is 10.9 Å². The van der Waals surface area contributed by atoms with Crippen molar-refractivity contribution in [2.45, 2.75) is 20.4 Å². The van der Waals surface area contributed by atoms with E-state index in [9.17, 15) is 9.59 Å². The maximum atomic E-state index is 12.0. The summed E-state index contributed by atoms with van der Waals surface area (Å²) in [5.41, 5.74) is -0.283. The minimum Gasteiger partial charge on any atom is -0.480 e. The summed E-state index contributed by atoms with van der Waals surface area (Å²) in [6.45, 7) is 3.18. The maximum Gasteiger partial charge on any atom is 0.323 e. The molecule has 2 heterocycles. The molecule has 1 N–H and O–H groups in total. The fourth-order valence-electron chi connectivity index (χ4n) is 1.56. The summed E-state index contributed by atoms with van der Waals surface area (Å²) in [7, 11) is 0. The minimum atomic E-state index is -1.04. The van der Waals surface area contributed by atoms with Gasteiger partial charge in [-0.1, -0.05) is 0 Å². The average Bonchev–Trinajstić information content (AvgIpc) is 2.53. The topological polar surface area (TPSA) is 72.2 Å². The number of carboxylic acids is 1. The van der Waals surface area contributed by atoms with Crippen LogP contribution in [0.4, 0.5) is 0 Å². The fourth-order valence-corrected chi connectivity index (χ4v) is 2.48. The Balaban J connectivity index is 2.74. The molecule has 0 atom stereocenters. The van der Waals surface area contributed by atoms with Crippen LogP contribution in [-0.4, -0.2) is 20.6 Å². The van der Waals surface area contributed by atoms with E-state index in [1.165, 1.54) is 15.9 Å². The second kappa shape index (κ2) is 3.71. The molecule has 2 aromatic heterocycles. The first kappa shape index (κ1) is 10.8. The van der Waals surface area contributed by atoms with E-state index in [4.69, 9.17) is 5.11 Å². The van der Waals surface area contributed by atoms with Gasteiger partial charge < -0.3 is 5.11 Å². The number of aromatic nitrogens is 2. The van der Waals surface area contributed by atoms with E-state index in [1.54, 1.807) is 13.0 Å². The van der Waals surface area contributed by atoms with Gasteiger partial charge in [-0.05, 0) is 19.9 Å². The van der Waals surface area contributed by atoms with Gasteiger partial charge in [0, 0.05) is 4.88 Å². The highest BCUT2D eigenvalue weighted by molar-refractivity contribution is 7.18. The Morgan fingerprint density at radius 3 is 2.88 bits per heavy atom. The molecule has 0 amide bonds. The lowest BCUT2D eigenvalue weighted by molar-refractivity contribution is -0.137. The van der Waals surface area contributed by atoms with Crippen LogP contribution in [0.1, 0.15) is 10.7 Å². The molecule has 0 aliphatic heterocycles. The number of carbonyl (C=O) groups is 1. The number of fused-ring (bicyclic) bond motifs is 1. The van der Waals surface area contributed by atoms with Crippen molar-refractivity contribution in [2.24, 2.45) is 0 Å². The highest BCUT2D eigenvalue weighted by Crippen LogP contribution is 2.20. The first-order chi connectivity index (χ1) is 7.49. The van der Waals surface area contributed by atoms with Crippen molar-refractivity contribution in [2.75, 3.05) is 0 Å². The Bertz CT molecular complexity index is 627. The molecule has 6 heteroatoms. The summed E-state index contributed by atoms with van der Waals surface area (Å²) >= 11 is 1.44. The highest BCUT2D eigenvalue weighted by atomic mass is 32.1. The molecule has 0 spiro atoms. The van der Waals surface area contributed by atoms with Gasteiger partial charge in [0.05, 0.1) is 5.39 Å². The number of carboxylic acid groups (broad SMARTS) is 1. The standard InChI is InChI=1S/C10H10N2O3S/c1-5-3-7-9(16-5)11-6(2)12(10(7)15)4-8(13)14/h3H,4H2,1-2H3,(H,13,14). The Morgan fingerprint density at radius 2 is 2.25 bits per heavy atom. The zero-order valence-corrected chi connectivity index (χ0v) is 9.67. The highest BCUT2D eigenvalue weighted by Gasteiger charge is 2.12. The third-order valence-electron chi connectivity index (χ3n) is 2.26. The minimum absolute atomic E-state index is 0.283. The van der Waals surface area contributed by atoms with Gasteiger partial charge in [0.2, 0.25) is 0 Å². The lowest BCUT2D eigenvalue weighted by Gasteiger charge is -2.05. The summed E-state index contributed by atoms with van der Waals surface area (Å²) in [4.78, 5) is 28.5. The molecule has 0 radical (unpaired) electrons. The molecule has 0 unspecified atom stereocenters. The number of rotatable bonds is 2. The molecule has 2 rings (SSSR count). The van der Waals surface area contributed by atoms with E-state index < -0.39 is 5.97 Å². The molecule has 0 aliphatic rings. The molecule has 0 saturated carbocycles. The first-order valence-electron chi connectivity index (χ1n) is 4.68. The van der Waals surface area contributed by atoms with Crippen LogP contribution >= 0.6 is 11.3 Å². The second-order valence-electron chi connectivity index (χ2n) is 3.52. The summed E-state index contributed by atoms with van der Waals surface area (Å²) in [5, 5.41) is 9.20. The largest absolute Gasteiger partial charge is 0.480 e. The van der Waals surface area contributed by atoms with E-state index in [0.717, 1.165) is 4.88 Å². The predicted molar refractivity (Wildman–Crippen MR) is 61.0 cm³/mol. The third-order valence-corrected chi connectivity index (χ3v) is 3.20. The fraction of sp³-hybridized carbons (Fsp3) is 0.300. The molecule has 0 fully saturated rings. The lowest BCUT2D eigenvalue weighted by atomic mass is 10.3. The third kappa shape index (κ3) is 1.71. The van der Waals surface area contributed by atoms with Gasteiger partial charge in [-0.25, -0.2) is 4.98 Å². The Labute approximate surface area is 95.0 Å². The molecule has 0 aliphatic carbocycles. The molecule has 2 aromatic rings. The number of hydrogen-bond donors (Lipinski definition) is 1. The van der Waals surface area contributed by atoms with E-state index in [-0.39, 0.29) is 12.1 Å². The second-order valence-corrected chi connectivity index (χ2v) is 4.75. The van der Waals surface area contributed by atoms with E-state index >= 15 is 0 Å². The van der Waals surface area contributed by atoms with Crippen LogP contribution in [-0.2, 0) is 11.3 Å². The van der Waals surface area contributed by atoms with Crippen LogP contribution in [0.3, 0.4) is 0 Å². The van der Waals surface area contributed by atoms with Crippen molar-refractivity contribution in [1.29, 1.82) is 0 Å². The number of nitrogens with zero attached hydrogens (tertiary/aromatic N) is 2. The van der Waals surface area contributed by atoms with Gasteiger partial charge in [0.25, 0.3) is 5.56 Å². The number of thiophene rings is 1. The number of aliphatic carboxylic acids is 1. The summed E-state index contributed by atoms with van der Waals surface area (Å²) in [6, 6.07) is 1.74. The van der Waals surface area contributed by atoms with Gasteiger partial charge in [0.15, 0.2) is 0 Å². The van der Waals surface area contributed by atoms with Gasteiger partial charge in [-0.2, -0.15) is 0 Å². The van der Waals surface area contributed by atoms with Crippen molar-refractivity contribution >= 4 is 27.5 Å². The monoisotopic (exact) mass is 238 g/mol. The number of aryl methyl sites for hydroxylation is 2. The van der Waals surface area contributed by atoms with Crippen molar-refractivity contribution < 1.29 is 9.90 Å². The normalized spacial score (nSPS) is 10.9. The van der Waals surface area contributed by atoms with Gasteiger partial charge in [-0.3, -0.25) is 14.2 Å². The first-order valence-corrected chi connectivity index (χ1v) is 5.50. The molecule has 0 aromatic carbocycles. The average molecular weight is 238 g/mol. The smallest absolute Gasteiger partial charge is 0.323 e. The van der Waals surface area contributed by atoms with Crippen LogP contribution in [0.2, 0.25) is 0 Å². The van der Waals surface area contributed by atoms with Crippen LogP contribution in [0.5, 0.6) is 0 Å². The molecule has 16 heavy (non-hydrogen) atoms. The zero-order chi connectivity index (χ0) is 11.9. The molecule has 0 bridgehead atoms. The van der Waals surface area contributed by atoms with Crippen molar-refractivity contribution in [3.8, 4) is 0 Å². The molecule has 84 valence electrons. The van der Waals surface area contributed by atoms with Crippen LogP contribution < -0.4 is 5.56 Å². The molecular weight excluding hydrogens is 228 g/mol. The molecule has 0 saturated heterocycles. The zero-order valence-electron chi connectivity index (χ0n) is 8.85. The van der Waals surface area contributed by atoms with Gasteiger partial charge in [0.1, 0.15) is 17.2 Å². The van der Waals surface area contributed by atoms with Crippen molar-refractivity contribution in [1.82, 2.24) is 9.55 Å². The summed E-state index contributed by atoms with van der Waals surface area (Å²) < 4.78 is 1.18. The SMILES string of the molecule is Cc1cc2c(=O)n(CC(=O)O)c(C)nc2s1. The van der Waals surface area contributed by atoms with Gasteiger partial charge >= 0.3 is 5.97 Å². The number of hydrogen-bond acceptors (Lipinski definition) is 4. The quantitative estimate of drug-likeness (QED) is 0.852. The van der Waals surface area contributed by atoms with Crippen molar-refractivity contribution in [3.63, 3.8) is 0 Å². The van der Waals surface area contributed by atoms with Gasteiger partial charge in [-0.15, -0.1) is 11.3 Å². The molecule has 5 nitrogen and oxygen atoms in total. The predicted octanol–water partition coefficient (Wildman–Crippen LogP) is 1.16. The molecular formula is C10H10N2O3S. The van der Waals surface area contributed by atoms with E-state index in [2.05, 4.69) is 4.98 Å². The Hall–Kier alpha value is -1.69. The van der Waals surface area contributed by atoms with Crippen molar-refractivity contribution in [3.05, 3.63) is 27.1 Å². The van der Waals surface area contributed by atoms with Crippen LogP contribution in [0, 0.1) is 13.8 Å². The summed E-state index contributed by atoms with van der Waals surface area (Å²) in [6.07, 6.45) is 0. The Kier molecular flexibility index (Phi) is 2.51. The van der Waals surface area contributed by atoms with E-state index in [1.807, 2.05) is 6.92 Å². The van der Waals surface area contributed by atoms with Crippen LogP contribution in [0.25, 0.3) is 10.2 Å². The maximum absolute atomic E-state index is 12.0.